The fourth-order valence-electron chi connectivity index (χ4n) is 2.31. The standard InChI is InChI=1S/C13H12N2O3/c1-18-12(17)13(6-7-14)5-4-10-9(11(13)16)3-2-8-15-10/h2-3,8H,4-6H2,1H3. The zero-order valence-electron chi connectivity index (χ0n) is 9.97. The molecule has 0 bridgehead atoms. The van der Waals surface area contributed by atoms with Crippen molar-refractivity contribution in [2.24, 2.45) is 5.41 Å². The van der Waals surface area contributed by atoms with E-state index in [1.165, 1.54) is 7.11 Å². The number of Topliss-reactive ketones (excluding diaryl/α,β-unsaturated/α-hetero) is 1. The van der Waals surface area contributed by atoms with Gasteiger partial charge in [0, 0.05) is 11.8 Å². The fraction of sp³-hybridized carbons (Fsp3) is 0.385. The number of nitrogens with zero attached hydrogens (tertiary/aromatic N) is 2. The molecule has 0 amide bonds. The predicted octanol–water partition coefficient (Wildman–Crippen LogP) is 1.28. The second kappa shape index (κ2) is 4.57. The van der Waals surface area contributed by atoms with E-state index in [0.29, 0.717) is 17.7 Å². The number of aryl methyl sites for hydroxylation is 1. The Morgan fingerprint density at radius 1 is 1.67 bits per heavy atom. The van der Waals surface area contributed by atoms with Gasteiger partial charge in [-0.05, 0) is 25.0 Å². The highest BCUT2D eigenvalue weighted by Crippen LogP contribution is 2.38. The molecule has 0 N–H and O–H groups in total. The SMILES string of the molecule is COC(=O)C1(CC#N)CCc2ncccc2C1=O. The third-order valence-corrected chi connectivity index (χ3v) is 3.32. The van der Waals surface area contributed by atoms with Gasteiger partial charge in [0.05, 0.1) is 25.3 Å². The topological polar surface area (TPSA) is 80.1 Å². The van der Waals surface area contributed by atoms with Crippen LogP contribution in [0.1, 0.15) is 28.9 Å². The zero-order chi connectivity index (χ0) is 13.2. The van der Waals surface area contributed by atoms with Crippen LogP contribution in [0.4, 0.5) is 0 Å². The summed E-state index contributed by atoms with van der Waals surface area (Å²) in [6.07, 6.45) is 2.23. The van der Waals surface area contributed by atoms with E-state index in [0.717, 1.165) is 0 Å². The molecule has 92 valence electrons. The molecule has 1 aliphatic carbocycles. The van der Waals surface area contributed by atoms with Crippen molar-refractivity contribution in [1.29, 1.82) is 5.26 Å². The largest absolute Gasteiger partial charge is 0.468 e. The normalized spacial score (nSPS) is 21.9. The summed E-state index contributed by atoms with van der Waals surface area (Å²) in [6.45, 7) is 0. The van der Waals surface area contributed by atoms with Crippen molar-refractivity contribution in [3.8, 4) is 6.07 Å². The van der Waals surface area contributed by atoms with E-state index in [4.69, 9.17) is 10.00 Å². The molecule has 5 nitrogen and oxygen atoms in total. The predicted molar refractivity (Wildman–Crippen MR) is 61.6 cm³/mol. The Morgan fingerprint density at radius 2 is 2.44 bits per heavy atom. The zero-order valence-corrected chi connectivity index (χ0v) is 9.97. The maximum absolute atomic E-state index is 12.4. The van der Waals surface area contributed by atoms with Crippen molar-refractivity contribution < 1.29 is 14.3 Å². The number of methoxy groups -OCH3 is 1. The minimum atomic E-state index is -1.36. The van der Waals surface area contributed by atoms with E-state index in [1.54, 1.807) is 18.3 Å². The van der Waals surface area contributed by atoms with Crippen molar-refractivity contribution >= 4 is 11.8 Å². The second-order valence-electron chi connectivity index (χ2n) is 4.24. The summed E-state index contributed by atoms with van der Waals surface area (Å²) in [4.78, 5) is 28.4. The van der Waals surface area contributed by atoms with Crippen LogP contribution in [-0.4, -0.2) is 23.8 Å². The monoisotopic (exact) mass is 244 g/mol. The number of esters is 1. The Bertz CT molecular complexity index is 547. The first-order valence-electron chi connectivity index (χ1n) is 5.60. The van der Waals surface area contributed by atoms with E-state index in [-0.39, 0.29) is 18.6 Å². The van der Waals surface area contributed by atoms with Gasteiger partial charge in [-0.15, -0.1) is 0 Å². The Kier molecular flexibility index (Phi) is 3.11. The smallest absolute Gasteiger partial charge is 0.320 e. The second-order valence-corrected chi connectivity index (χ2v) is 4.24. The van der Waals surface area contributed by atoms with Crippen LogP contribution in [0.25, 0.3) is 0 Å². The molecule has 5 heteroatoms. The first-order valence-corrected chi connectivity index (χ1v) is 5.60. The number of aromatic nitrogens is 1. The van der Waals surface area contributed by atoms with E-state index in [2.05, 4.69) is 4.98 Å². The molecule has 1 aromatic heterocycles. The highest BCUT2D eigenvalue weighted by Gasteiger charge is 2.50. The van der Waals surface area contributed by atoms with Crippen molar-refractivity contribution in [3.05, 3.63) is 29.6 Å². The van der Waals surface area contributed by atoms with Crippen LogP contribution in [0.5, 0.6) is 0 Å². The molecular weight excluding hydrogens is 232 g/mol. The van der Waals surface area contributed by atoms with Gasteiger partial charge in [0.25, 0.3) is 0 Å². The molecule has 18 heavy (non-hydrogen) atoms. The Hall–Kier alpha value is -2.22. The van der Waals surface area contributed by atoms with Gasteiger partial charge in [-0.2, -0.15) is 5.26 Å². The maximum atomic E-state index is 12.4. The maximum Gasteiger partial charge on any atom is 0.320 e. The van der Waals surface area contributed by atoms with Crippen molar-refractivity contribution in [3.63, 3.8) is 0 Å². The first kappa shape index (κ1) is 12.2. The van der Waals surface area contributed by atoms with Crippen LogP contribution >= 0.6 is 0 Å². The van der Waals surface area contributed by atoms with E-state index in [1.807, 2.05) is 6.07 Å². The number of ether oxygens (including phenoxy) is 1. The molecular formula is C13H12N2O3. The number of nitriles is 1. The molecule has 2 rings (SSSR count). The lowest BCUT2D eigenvalue weighted by molar-refractivity contribution is -0.150. The average Bonchev–Trinajstić information content (AvgIpc) is 2.41. The Balaban J connectivity index is 2.51. The Morgan fingerprint density at radius 3 is 3.11 bits per heavy atom. The molecule has 0 fully saturated rings. The summed E-state index contributed by atoms with van der Waals surface area (Å²) < 4.78 is 4.70. The number of carbonyl (C=O) groups excluding carboxylic acids is 2. The van der Waals surface area contributed by atoms with Crippen LogP contribution in [-0.2, 0) is 16.0 Å². The molecule has 1 unspecified atom stereocenters. The number of fused-ring (bicyclic) bond motifs is 1. The van der Waals surface area contributed by atoms with E-state index in [9.17, 15) is 9.59 Å². The van der Waals surface area contributed by atoms with Crippen molar-refractivity contribution in [2.45, 2.75) is 19.3 Å². The molecule has 0 aromatic carbocycles. The molecule has 1 aromatic rings. The number of rotatable bonds is 2. The third kappa shape index (κ3) is 1.66. The van der Waals surface area contributed by atoms with Gasteiger partial charge in [0.1, 0.15) is 5.41 Å². The van der Waals surface area contributed by atoms with Gasteiger partial charge in [-0.25, -0.2) is 0 Å². The molecule has 0 spiro atoms. The lowest BCUT2D eigenvalue weighted by Gasteiger charge is -2.31. The highest BCUT2D eigenvalue weighted by molar-refractivity contribution is 6.14. The van der Waals surface area contributed by atoms with E-state index < -0.39 is 11.4 Å². The lowest BCUT2D eigenvalue weighted by Crippen LogP contribution is -2.43. The van der Waals surface area contributed by atoms with Crippen LogP contribution in [0.15, 0.2) is 18.3 Å². The van der Waals surface area contributed by atoms with Crippen LogP contribution in [0.3, 0.4) is 0 Å². The quantitative estimate of drug-likeness (QED) is 0.578. The molecule has 0 saturated heterocycles. The van der Waals surface area contributed by atoms with Gasteiger partial charge in [-0.3, -0.25) is 14.6 Å². The number of hydrogen-bond acceptors (Lipinski definition) is 5. The van der Waals surface area contributed by atoms with Crippen LogP contribution in [0, 0.1) is 16.7 Å². The van der Waals surface area contributed by atoms with Crippen LogP contribution in [0.2, 0.25) is 0 Å². The van der Waals surface area contributed by atoms with Gasteiger partial charge in [0.15, 0.2) is 5.78 Å². The number of ketones is 1. The molecule has 1 aliphatic rings. The van der Waals surface area contributed by atoms with E-state index >= 15 is 0 Å². The summed E-state index contributed by atoms with van der Waals surface area (Å²) in [7, 11) is 1.23. The average molecular weight is 244 g/mol. The highest BCUT2D eigenvalue weighted by atomic mass is 16.5. The molecule has 0 radical (unpaired) electrons. The fourth-order valence-corrected chi connectivity index (χ4v) is 2.31. The van der Waals surface area contributed by atoms with Gasteiger partial charge in [0.2, 0.25) is 0 Å². The summed E-state index contributed by atoms with van der Waals surface area (Å²) >= 11 is 0. The summed E-state index contributed by atoms with van der Waals surface area (Å²) in [6, 6.07) is 5.20. The summed E-state index contributed by atoms with van der Waals surface area (Å²) in [5.41, 5.74) is -0.260. The van der Waals surface area contributed by atoms with Crippen molar-refractivity contribution in [2.75, 3.05) is 7.11 Å². The third-order valence-electron chi connectivity index (χ3n) is 3.32. The minimum Gasteiger partial charge on any atom is -0.468 e. The van der Waals surface area contributed by atoms with Gasteiger partial charge < -0.3 is 4.74 Å². The summed E-state index contributed by atoms with van der Waals surface area (Å²) in [5.74, 6) is -0.992. The number of carbonyl (C=O) groups is 2. The minimum absolute atomic E-state index is 0.160. The lowest BCUT2D eigenvalue weighted by atomic mass is 9.70. The summed E-state index contributed by atoms with van der Waals surface area (Å²) in [5, 5.41) is 8.87. The molecule has 0 aliphatic heterocycles. The molecule has 0 saturated carbocycles. The molecule has 1 atom stereocenters. The van der Waals surface area contributed by atoms with Crippen molar-refractivity contribution in [1.82, 2.24) is 4.98 Å². The van der Waals surface area contributed by atoms with Gasteiger partial charge >= 0.3 is 5.97 Å². The van der Waals surface area contributed by atoms with Crippen LogP contribution < -0.4 is 0 Å². The van der Waals surface area contributed by atoms with Gasteiger partial charge in [-0.1, -0.05) is 0 Å². The number of hydrogen-bond donors (Lipinski definition) is 0. The Labute approximate surface area is 104 Å². The number of pyridine rings is 1. The molecule has 1 heterocycles. The first-order chi connectivity index (χ1) is 8.65.